The number of benzene rings is 2. The van der Waals surface area contributed by atoms with Crippen molar-refractivity contribution in [2.24, 2.45) is 0 Å². The molecule has 8 nitrogen and oxygen atoms in total. The molecule has 0 radical (unpaired) electrons. The SMILES string of the molecule is Cc1nc([C@@H]2CN(C(=O)c3cccc(NC(=O)c4ccc(F)cc4)c3)CCO2)no1. The second-order valence-electron chi connectivity index (χ2n) is 6.82. The lowest BCUT2D eigenvalue weighted by molar-refractivity contribution is -0.0276. The molecule has 30 heavy (non-hydrogen) atoms. The molecule has 0 bridgehead atoms. The van der Waals surface area contributed by atoms with Crippen LogP contribution in [0.15, 0.2) is 53.1 Å². The van der Waals surface area contributed by atoms with Gasteiger partial charge in [0.25, 0.3) is 11.8 Å². The van der Waals surface area contributed by atoms with Crippen LogP contribution in [0.1, 0.15) is 38.5 Å². The van der Waals surface area contributed by atoms with Crippen LogP contribution in [0.3, 0.4) is 0 Å². The Morgan fingerprint density at radius 2 is 1.97 bits per heavy atom. The predicted octanol–water partition coefficient (Wildman–Crippen LogP) is 2.98. The molecule has 154 valence electrons. The zero-order valence-corrected chi connectivity index (χ0v) is 16.2. The highest BCUT2D eigenvalue weighted by molar-refractivity contribution is 6.05. The summed E-state index contributed by atoms with van der Waals surface area (Å²) < 4.78 is 23.7. The summed E-state index contributed by atoms with van der Waals surface area (Å²) in [6.07, 6.45) is -0.457. The van der Waals surface area contributed by atoms with Crippen molar-refractivity contribution in [2.75, 3.05) is 25.0 Å². The molecule has 0 spiro atoms. The van der Waals surface area contributed by atoms with E-state index in [1.165, 1.54) is 24.3 Å². The Hall–Kier alpha value is -3.59. The van der Waals surface area contributed by atoms with Gasteiger partial charge in [0.05, 0.1) is 13.2 Å². The van der Waals surface area contributed by atoms with E-state index in [4.69, 9.17) is 9.26 Å². The first-order valence-corrected chi connectivity index (χ1v) is 9.37. The van der Waals surface area contributed by atoms with Crippen LogP contribution in [0.25, 0.3) is 0 Å². The highest BCUT2D eigenvalue weighted by atomic mass is 19.1. The molecule has 2 amide bonds. The Kier molecular flexibility index (Phi) is 5.53. The predicted molar refractivity (Wildman–Crippen MR) is 104 cm³/mol. The molecule has 2 aromatic carbocycles. The Morgan fingerprint density at radius 3 is 2.70 bits per heavy atom. The first kappa shape index (κ1) is 19.7. The summed E-state index contributed by atoms with van der Waals surface area (Å²) in [5.74, 6) is -0.161. The summed E-state index contributed by atoms with van der Waals surface area (Å²) in [7, 11) is 0. The number of carbonyl (C=O) groups excluding carboxylic acids is 2. The van der Waals surface area contributed by atoms with Gasteiger partial charge in [-0.2, -0.15) is 4.98 Å². The van der Waals surface area contributed by atoms with Gasteiger partial charge in [0.1, 0.15) is 11.9 Å². The number of ether oxygens (including phenoxy) is 1. The molecule has 0 aliphatic carbocycles. The van der Waals surface area contributed by atoms with Crippen LogP contribution in [0.5, 0.6) is 0 Å². The molecule has 1 N–H and O–H groups in total. The van der Waals surface area contributed by atoms with Crippen molar-refractivity contribution < 1.29 is 23.2 Å². The van der Waals surface area contributed by atoms with E-state index >= 15 is 0 Å². The zero-order valence-electron chi connectivity index (χ0n) is 16.2. The summed E-state index contributed by atoms with van der Waals surface area (Å²) in [5, 5.41) is 6.59. The van der Waals surface area contributed by atoms with Crippen molar-refractivity contribution in [1.82, 2.24) is 15.0 Å². The Balaban J connectivity index is 1.45. The van der Waals surface area contributed by atoms with Crippen LogP contribution in [0.4, 0.5) is 10.1 Å². The highest BCUT2D eigenvalue weighted by Gasteiger charge is 2.29. The smallest absolute Gasteiger partial charge is 0.255 e. The van der Waals surface area contributed by atoms with Crippen LogP contribution >= 0.6 is 0 Å². The van der Waals surface area contributed by atoms with Crippen molar-refractivity contribution in [2.45, 2.75) is 13.0 Å². The lowest BCUT2D eigenvalue weighted by Gasteiger charge is -2.31. The second-order valence-corrected chi connectivity index (χ2v) is 6.82. The number of aryl methyl sites for hydroxylation is 1. The maximum atomic E-state index is 13.0. The fourth-order valence-electron chi connectivity index (χ4n) is 3.15. The van der Waals surface area contributed by atoms with E-state index in [0.717, 1.165) is 0 Å². The molecule has 4 rings (SSSR count). The van der Waals surface area contributed by atoms with Gasteiger partial charge >= 0.3 is 0 Å². The number of hydrogen-bond donors (Lipinski definition) is 1. The van der Waals surface area contributed by atoms with E-state index in [-0.39, 0.29) is 5.91 Å². The number of hydrogen-bond acceptors (Lipinski definition) is 6. The highest BCUT2D eigenvalue weighted by Crippen LogP contribution is 2.22. The number of anilines is 1. The Labute approximate surface area is 171 Å². The maximum absolute atomic E-state index is 13.0. The van der Waals surface area contributed by atoms with Gasteiger partial charge in [-0.05, 0) is 42.5 Å². The molecule has 1 fully saturated rings. The zero-order chi connectivity index (χ0) is 21.1. The average molecular weight is 410 g/mol. The lowest BCUT2D eigenvalue weighted by Crippen LogP contribution is -2.42. The van der Waals surface area contributed by atoms with E-state index in [9.17, 15) is 14.0 Å². The van der Waals surface area contributed by atoms with Crippen LogP contribution in [-0.4, -0.2) is 46.6 Å². The van der Waals surface area contributed by atoms with Crippen molar-refractivity contribution in [1.29, 1.82) is 0 Å². The van der Waals surface area contributed by atoms with Gasteiger partial charge < -0.3 is 19.5 Å². The van der Waals surface area contributed by atoms with Gasteiger partial charge in [-0.3, -0.25) is 9.59 Å². The lowest BCUT2D eigenvalue weighted by atomic mass is 10.1. The quantitative estimate of drug-likeness (QED) is 0.710. The monoisotopic (exact) mass is 410 g/mol. The number of amides is 2. The molecule has 1 saturated heterocycles. The van der Waals surface area contributed by atoms with Crippen LogP contribution in [-0.2, 0) is 4.74 Å². The van der Waals surface area contributed by atoms with E-state index < -0.39 is 17.8 Å². The van der Waals surface area contributed by atoms with Gasteiger partial charge in [0.15, 0.2) is 0 Å². The second kappa shape index (κ2) is 8.42. The first-order chi connectivity index (χ1) is 14.5. The van der Waals surface area contributed by atoms with Gasteiger partial charge in [-0.25, -0.2) is 4.39 Å². The normalized spacial score (nSPS) is 16.3. The third-order valence-electron chi connectivity index (χ3n) is 4.66. The van der Waals surface area contributed by atoms with Crippen LogP contribution in [0.2, 0.25) is 0 Å². The molecular formula is C21H19FN4O4. The van der Waals surface area contributed by atoms with Crippen molar-refractivity contribution in [3.8, 4) is 0 Å². The molecule has 0 unspecified atom stereocenters. The molecule has 0 saturated carbocycles. The summed E-state index contributed by atoms with van der Waals surface area (Å²) in [6, 6.07) is 11.9. The number of rotatable bonds is 4. The summed E-state index contributed by atoms with van der Waals surface area (Å²) in [4.78, 5) is 31.1. The summed E-state index contributed by atoms with van der Waals surface area (Å²) in [6.45, 7) is 2.77. The largest absolute Gasteiger partial charge is 0.366 e. The molecule has 1 aliphatic heterocycles. The minimum Gasteiger partial charge on any atom is -0.366 e. The fraction of sp³-hybridized carbons (Fsp3) is 0.238. The number of aromatic nitrogens is 2. The summed E-state index contributed by atoms with van der Waals surface area (Å²) in [5.41, 5.74) is 1.21. The van der Waals surface area contributed by atoms with E-state index in [1.54, 1.807) is 36.1 Å². The molecule has 2 heterocycles. The molecule has 1 aliphatic rings. The Bertz CT molecular complexity index is 1070. The maximum Gasteiger partial charge on any atom is 0.255 e. The molecular weight excluding hydrogens is 391 g/mol. The molecule has 1 atom stereocenters. The molecule has 1 aromatic heterocycles. The first-order valence-electron chi connectivity index (χ1n) is 9.37. The minimum atomic E-state index is -0.457. The standard InChI is InChI=1S/C21H19FN4O4/c1-13-23-19(25-30-13)18-12-26(9-10-29-18)21(28)15-3-2-4-17(11-15)24-20(27)14-5-7-16(22)8-6-14/h2-8,11,18H,9-10,12H2,1H3,(H,24,27)/t18-/m0/s1. The van der Waals surface area contributed by atoms with Crippen molar-refractivity contribution in [3.05, 3.63) is 77.2 Å². The fourth-order valence-corrected chi connectivity index (χ4v) is 3.15. The van der Waals surface area contributed by atoms with Gasteiger partial charge in [0, 0.05) is 30.3 Å². The van der Waals surface area contributed by atoms with E-state index in [2.05, 4.69) is 15.5 Å². The number of halogens is 1. The van der Waals surface area contributed by atoms with Gasteiger partial charge in [-0.1, -0.05) is 11.2 Å². The third-order valence-corrected chi connectivity index (χ3v) is 4.66. The third kappa shape index (κ3) is 4.36. The Morgan fingerprint density at radius 1 is 1.17 bits per heavy atom. The molecule has 9 heteroatoms. The van der Waals surface area contributed by atoms with Crippen LogP contribution < -0.4 is 5.32 Å². The van der Waals surface area contributed by atoms with Crippen molar-refractivity contribution >= 4 is 17.5 Å². The van der Waals surface area contributed by atoms with Crippen molar-refractivity contribution in [3.63, 3.8) is 0 Å². The molecule has 3 aromatic rings. The van der Waals surface area contributed by atoms with E-state index in [1.807, 2.05) is 0 Å². The topological polar surface area (TPSA) is 97.6 Å². The number of morpholine rings is 1. The minimum absolute atomic E-state index is 0.193. The number of nitrogens with zero attached hydrogens (tertiary/aromatic N) is 3. The summed E-state index contributed by atoms with van der Waals surface area (Å²) >= 11 is 0. The average Bonchev–Trinajstić information content (AvgIpc) is 3.20. The van der Waals surface area contributed by atoms with Crippen LogP contribution in [0, 0.1) is 12.7 Å². The number of nitrogens with one attached hydrogen (secondary N) is 1. The number of carbonyl (C=O) groups is 2. The van der Waals surface area contributed by atoms with Gasteiger partial charge in [0.2, 0.25) is 11.7 Å². The van der Waals surface area contributed by atoms with Gasteiger partial charge in [-0.15, -0.1) is 0 Å². The van der Waals surface area contributed by atoms with E-state index in [0.29, 0.717) is 48.2 Å².